The quantitative estimate of drug-likeness (QED) is 0.338. The Morgan fingerprint density at radius 3 is 2.71 bits per heavy atom. The van der Waals surface area contributed by atoms with E-state index in [2.05, 4.69) is 11.5 Å². The fourth-order valence-corrected chi connectivity index (χ4v) is 4.68. The van der Waals surface area contributed by atoms with Crippen molar-refractivity contribution < 1.29 is 23.7 Å². The van der Waals surface area contributed by atoms with Crippen molar-refractivity contribution in [1.29, 1.82) is 0 Å². The molecule has 0 spiro atoms. The number of hydrogen-bond acceptors (Lipinski definition) is 7. The summed E-state index contributed by atoms with van der Waals surface area (Å²) >= 11 is 6.32. The van der Waals surface area contributed by atoms with E-state index in [1.165, 1.54) is 6.07 Å². The fraction of sp³-hybridized carbons (Fsp3) is 0.370. The molecule has 0 radical (unpaired) electrons. The van der Waals surface area contributed by atoms with Crippen LogP contribution in [0.5, 0.6) is 5.75 Å². The number of ether oxygens (including phenoxy) is 3. The summed E-state index contributed by atoms with van der Waals surface area (Å²) in [5, 5.41) is 10.3. The maximum Gasteiger partial charge on any atom is 0.193 e. The summed E-state index contributed by atoms with van der Waals surface area (Å²) in [7, 11) is 0. The SMILES string of the molecule is C=C(O)[C@H]1C[C@@H](OCCOc2cc(N3CCOCC3)ccc2-c2cc(=O)c3cccc(Cl)c3o2)C1. The average Bonchev–Trinajstić information content (AvgIpc) is 2.83. The third-order valence-electron chi connectivity index (χ3n) is 6.57. The van der Waals surface area contributed by atoms with Crippen molar-refractivity contribution in [1.82, 2.24) is 0 Å². The molecule has 5 rings (SSSR count). The molecule has 1 aliphatic carbocycles. The van der Waals surface area contributed by atoms with Gasteiger partial charge in [-0.25, -0.2) is 0 Å². The lowest BCUT2D eigenvalue weighted by molar-refractivity contribution is -0.0388. The zero-order valence-electron chi connectivity index (χ0n) is 19.4. The van der Waals surface area contributed by atoms with Crippen molar-refractivity contribution in [3.63, 3.8) is 0 Å². The van der Waals surface area contributed by atoms with E-state index < -0.39 is 0 Å². The van der Waals surface area contributed by atoms with Gasteiger partial charge in [-0.3, -0.25) is 4.79 Å². The fourth-order valence-electron chi connectivity index (χ4n) is 4.47. The van der Waals surface area contributed by atoms with Crippen LogP contribution in [0.2, 0.25) is 5.02 Å². The van der Waals surface area contributed by atoms with Crippen LogP contribution in [0.4, 0.5) is 5.69 Å². The number of aliphatic hydroxyl groups is 1. The van der Waals surface area contributed by atoms with Gasteiger partial charge in [0, 0.05) is 36.8 Å². The predicted molar refractivity (Wildman–Crippen MR) is 136 cm³/mol. The number of morpholine rings is 1. The summed E-state index contributed by atoms with van der Waals surface area (Å²) in [4.78, 5) is 15.0. The molecular weight excluding hydrogens is 470 g/mol. The van der Waals surface area contributed by atoms with Crippen LogP contribution in [0, 0.1) is 5.92 Å². The molecule has 2 aliphatic rings. The Kier molecular flexibility index (Phi) is 7.00. The summed E-state index contributed by atoms with van der Waals surface area (Å²) in [6, 6.07) is 12.5. The van der Waals surface area contributed by atoms with Crippen LogP contribution in [-0.2, 0) is 9.47 Å². The van der Waals surface area contributed by atoms with Gasteiger partial charge < -0.3 is 28.6 Å². The van der Waals surface area contributed by atoms with E-state index in [-0.39, 0.29) is 23.2 Å². The van der Waals surface area contributed by atoms with Gasteiger partial charge in [-0.05, 0) is 37.1 Å². The highest BCUT2D eigenvalue weighted by Gasteiger charge is 2.31. The van der Waals surface area contributed by atoms with Gasteiger partial charge in [0.05, 0.1) is 47.7 Å². The minimum Gasteiger partial charge on any atom is -0.513 e. The van der Waals surface area contributed by atoms with Crippen LogP contribution in [0.1, 0.15) is 12.8 Å². The second-order valence-electron chi connectivity index (χ2n) is 8.87. The van der Waals surface area contributed by atoms with Gasteiger partial charge in [0.1, 0.15) is 18.1 Å². The standard InChI is InChI=1S/C27H28ClNO6/c1-17(30)18-13-20(14-18)33-11-12-34-25-15-19(29-7-9-32-10-8-29)5-6-22(25)26-16-24(31)21-3-2-4-23(28)27(21)35-26/h2-6,15-16,18,20,30H,1,7-14H2/t18-,20+. The van der Waals surface area contributed by atoms with E-state index in [0.29, 0.717) is 59.5 Å². The van der Waals surface area contributed by atoms with Gasteiger partial charge in [0.25, 0.3) is 0 Å². The maximum absolute atomic E-state index is 12.8. The molecule has 0 amide bonds. The average molecular weight is 498 g/mol. The number of anilines is 1. The molecule has 1 aromatic heterocycles. The number of aliphatic hydroxyl groups excluding tert-OH is 1. The highest BCUT2D eigenvalue weighted by molar-refractivity contribution is 6.34. The molecule has 1 saturated heterocycles. The molecule has 2 aromatic carbocycles. The molecule has 0 atom stereocenters. The van der Waals surface area contributed by atoms with Gasteiger partial charge in [-0.2, -0.15) is 0 Å². The summed E-state index contributed by atoms with van der Waals surface area (Å²) in [6.45, 7) is 7.26. The molecule has 2 fully saturated rings. The zero-order chi connectivity index (χ0) is 24.4. The topological polar surface area (TPSA) is 81.4 Å². The van der Waals surface area contributed by atoms with Crippen LogP contribution < -0.4 is 15.1 Å². The highest BCUT2D eigenvalue weighted by atomic mass is 35.5. The molecule has 1 N–H and O–H groups in total. The molecular formula is C27H28ClNO6. The van der Waals surface area contributed by atoms with Gasteiger partial charge in [0.2, 0.25) is 0 Å². The van der Waals surface area contributed by atoms with Crippen molar-refractivity contribution in [2.24, 2.45) is 5.92 Å². The molecule has 2 heterocycles. The van der Waals surface area contributed by atoms with E-state index in [4.69, 9.17) is 30.2 Å². The molecule has 7 nitrogen and oxygen atoms in total. The minimum atomic E-state index is -0.166. The zero-order valence-corrected chi connectivity index (χ0v) is 20.1. The summed E-state index contributed by atoms with van der Waals surface area (Å²) in [5.41, 5.74) is 1.87. The molecule has 0 unspecified atom stereocenters. The molecule has 1 aliphatic heterocycles. The Bertz CT molecular complexity index is 1280. The first-order chi connectivity index (χ1) is 17.0. The number of benzene rings is 2. The lowest BCUT2D eigenvalue weighted by atomic mass is 9.81. The Labute approximate surface area is 208 Å². The number of para-hydroxylation sites is 1. The summed E-state index contributed by atoms with van der Waals surface area (Å²) < 4.78 is 23.6. The van der Waals surface area contributed by atoms with Crippen LogP contribution >= 0.6 is 11.6 Å². The van der Waals surface area contributed by atoms with E-state index >= 15 is 0 Å². The van der Waals surface area contributed by atoms with Crippen LogP contribution in [0.15, 0.2) is 64.0 Å². The Hall–Kier alpha value is -3.00. The van der Waals surface area contributed by atoms with E-state index in [1.807, 2.05) is 18.2 Å². The lowest BCUT2D eigenvalue weighted by Crippen LogP contribution is -2.36. The minimum absolute atomic E-state index is 0.104. The van der Waals surface area contributed by atoms with E-state index in [9.17, 15) is 9.90 Å². The third kappa shape index (κ3) is 5.17. The van der Waals surface area contributed by atoms with Crippen molar-refractivity contribution in [3.05, 3.63) is 70.0 Å². The Morgan fingerprint density at radius 2 is 1.94 bits per heavy atom. The van der Waals surface area contributed by atoms with Gasteiger partial charge in [-0.1, -0.05) is 24.2 Å². The molecule has 1 saturated carbocycles. The molecule has 35 heavy (non-hydrogen) atoms. The number of rotatable bonds is 8. The summed E-state index contributed by atoms with van der Waals surface area (Å²) in [6.07, 6.45) is 1.65. The first kappa shape index (κ1) is 23.7. The number of halogens is 1. The first-order valence-electron chi connectivity index (χ1n) is 11.8. The smallest absolute Gasteiger partial charge is 0.193 e. The second kappa shape index (κ2) is 10.3. The third-order valence-corrected chi connectivity index (χ3v) is 6.87. The molecule has 8 heteroatoms. The van der Waals surface area contributed by atoms with Crippen molar-refractivity contribution in [3.8, 4) is 17.1 Å². The molecule has 184 valence electrons. The molecule has 3 aromatic rings. The summed E-state index contributed by atoms with van der Waals surface area (Å²) in [5.74, 6) is 1.34. The lowest BCUT2D eigenvalue weighted by Gasteiger charge is -2.34. The second-order valence-corrected chi connectivity index (χ2v) is 9.28. The van der Waals surface area contributed by atoms with Crippen LogP contribution in [0.3, 0.4) is 0 Å². The van der Waals surface area contributed by atoms with Crippen molar-refractivity contribution >= 4 is 28.3 Å². The number of nitrogens with zero attached hydrogens (tertiary/aromatic N) is 1. The van der Waals surface area contributed by atoms with Crippen molar-refractivity contribution in [2.45, 2.75) is 18.9 Å². The van der Waals surface area contributed by atoms with Gasteiger partial charge in [-0.15, -0.1) is 0 Å². The predicted octanol–water partition coefficient (Wildman–Crippen LogP) is 5.20. The van der Waals surface area contributed by atoms with E-state index in [1.54, 1.807) is 18.2 Å². The first-order valence-corrected chi connectivity index (χ1v) is 12.2. The van der Waals surface area contributed by atoms with Gasteiger partial charge in [0.15, 0.2) is 11.0 Å². The maximum atomic E-state index is 12.8. The van der Waals surface area contributed by atoms with Crippen LogP contribution in [-0.4, -0.2) is 50.7 Å². The number of hydrogen-bond donors (Lipinski definition) is 1. The highest BCUT2D eigenvalue weighted by Crippen LogP contribution is 2.36. The number of fused-ring (bicyclic) bond motifs is 1. The molecule has 0 bridgehead atoms. The van der Waals surface area contributed by atoms with E-state index in [0.717, 1.165) is 31.6 Å². The Balaban J connectivity index is 1.38. The van der Waals surface area contributed by atoms with Crippen molar-refractivity contribution in [2.75, 3.05) is 44.4 Å². The normalized spacial score (nSPS) is 20.0. The Morgan fingerprint density at radius 1 is 1.14 bits per heavy atom. The largest absolute Gasteiger partial charge is 0.513 e. The number of allylic oxidation sites excluding steroid dienone is 1. The monoisotopic (exact) mass is 497 g/mol. The van der Waals surface area contributed by atoms with Crippen LogP contribution in [0.25, 0.3) is 22.3 Å². The van der Waals surface area contributed by atoms with Gasteiger partial charge >= 0.3 is 0 Å².